The molecule has 0 bridgehead atoms. The van der Waals surface area contributed by atoms with Crippen LogP contribution in [0, 0.1) is 6.92 Å². The summed E-state index contributed by atoms with van der Waals surface area (Å²) in [5.41, 5.74) is 3.75. The van der Waals surface area contributed by atoms with Crippen LogP contribution in [0.5, 0.6) is 0 Å². The van der Waals surface area contributed by atoms with Crippen molar-refractivity contribution in [1.29, 1.82) is 0 Å². The molecule has 156 valence electrons. The topological polar surface area (TPSA) is 66.3 Å². The molecular weight excluding hydrogens is 364 g/mol. The van der Waals surface area contributed by atoms with Gasteiger partial charge in [-0.2, -0.15) is 0 Å². The smallest absolute Gasteiger partial charge is 0.276 e. The zero-order valence-electron chi connectivity index (χ0n) is 17.6. The van der Waals surface area contributed by atoms with Gasteiger partial charge in [-0.05, 0) is 69.8 Å². The van der Waals surface area contributed by atoms with E-state index < -0.39 is 0 Å². The van der Waals surface area contributed by atoms with Crippen LogP contribution in [0.3, 0.4) is 0 Å². The van der Waals surface area contributed by atoms with Gasteiger partial charge in [0, 0.05) is 32.4 Å². The van der Waals surface area contributed by atoms with Crippen molar-refractivity contribution in [1.82, 2.24) is 25.2 Å². The summed E-state index contributed by atoms with van der Waals surface area (Å²) in [6.07, 6.45) is 5.93. The number of rotatable bonds is 5. The van der Waals surface area contributed by atoms with Crippen molar-refractivity contribution in [2.45, 2.75) is 51.6 Å². The summed E-state index contributed by atoms with van der Waals surface area (Å²) in [7, 11) is 1.84. The molecule has 0 unspecified atom stereocenters. The number of hydrogen-bond acceptors (Lipinski definition) is 5. The highest BCUT2D eigenvalue weighted by molar-refractivity contribution is 5.93. The van der Waals surface area contributed by atoms with Gasteiger partial charge in [-0.1, -0.05) is 17.3 Å². The Bertz CT molecular complexity index is 818. The van der Waals surface area contributed by atoms with Crippen LogP contribution >= 0.6 is 0 Å². The van der Waals surface area contributed by atoms with Gasteiger partial charge >= 0.3 is 0 Å². The van der Waals surface area contributed by atoms with E-state index in [-0.39, 0.29) is 5.91 Å². The van der Waals surface area contributed by atoms with Crippen LogP contribution in [0.25, 0.3) is 0 Å². The molecule has 3 heterocycles. The van der Waals surface area contributed by atoms with Crippen LogP contribution in [0.4, 0.5) is 5.69 Å². The maximum absolute atomic E-state index is 13.0. The van der Waals surface area contributed by atoms with Crippen molar-refractivity contribution >= 4 is 11.6 Å². The van der Waals surface area contributed by atoms with Crippen molar-refractivity contribution in [3.8, 4) is 0 Å². The second-order valence-electron chi connectivity index (χ2n) is 8.32. The van der Waals surface area contributed by atoms with Crippen LogP contribution < -0.4 is 10.2 Å². The molecular formula is C22H32N6O. The molecule has 0 atom stereocenters. The SMILES string of the molecule is Cc1c(C(=O)N(C)Cc2ccc(N3CCCCC3)cc2)nnn1C1CCNCC1. The highest BCUT2D eigenvalue weighted by Gasteiger charge is 2.24. The lowest BCUT2D eigenvalue weighted by atomic mass is 10.1. The van der Waals surface area contributed by atoms with E-state index in [0.29, 0.717) is 18.3 Å². The third-order valence-electron chi connectivity index (χ3n) is 6.21. The molecule has 2 aliphatic rings. The minimum Gasteiger partial charge on any atom is -0.372 e. The van der Waals surface area contributed by atoms with Crippen LogP contribution in [0.1, 0.15) is 59.9 Å². The van der Waals surface area contributed by atoms with Crippen LogP contribution in [-0.2, 0) is 6.54 Å². The van der Waals surface area contributed by atoms with E-state index in [2.05, 4.69) is 44.8 Å². The molecule has 0 saturated carbocycles. The molecule has 1 N–H and O–H groups in total. The van der Waals surface area contributed by atoms with E-state index in [4.69, 9.17) is 0 Å². The first-order chi connectivity index (χ1) is 14.1. The second-order valence-corrected chi connectivity index (χ2v) is 8.32. The number of amides is 1. The van der Waals surface area contributed by atoms with Gasteiger partial charge in [-0.3, -0.25) is 4.79 Å². The van der Waals surface area contributed by atoms with Crippen molar-refractivity contribution < 1.29 is 4.79 Å². The Morgan fingerprint density at radius 3 is 2.52 bits per heavy atom. The fourth-order valence-electron chi connectivity index (χ4n) is 4.43. The van der Waals surface area contributed by atoms with E-state index in [1.807, 2.05) is 18.7 Å². The van der Waals surface area contributed by atoms with E-state index >= 15 is 0 Å². The lowest BCUT2D eigenvalue weighted by Crippen LogP contribution is -2.31. The van der Waals surface area contributed by atoms with E-state index in [0.717, 1.165) is 50.3 Å². The molecule has 0 spiro atoms. The number of carbonyl (C=O) groups is 1. The second kappa shape index (κ2) is 8.95. The lowest BCUT2D eigenvalue weighted by molar-refractivity contribution is 0.0778. The van der Waals surface area contributed by atoms with E-state index in [1.165, 1.54) is 24.9 Å². The maximum Gasteiger partial charge on any atom is 0.276 e. The summed E-state index contributed by atoms with van der Waals surface area (Å²) in [5.74, 6) is -0.0669. The Kier molecular flexibility index (Phi) is 6.13. The highest BCUT2D eigenvalue weighted by atomic mass is 16.2. The number of carbonyl (C=O) groups excluding carboxylic acids is 1. The predicted octanol–water partition coefficient (Wildman–Crippen LogP) is 2.77. The van der Waals surface area contributed by atoms with Crippen molar-refractivity contribution in [2.75, 3.05) is 38.1 Å². The van der Waals surface area contributed by atoms with Gasteiger partial charge < -0.3 is 15.1 Å². The zero-order valence-corrected chi connectivity index (χ0v) is 17.6. The van der Waals surface area contributed by atoms with E-state index in [1.54, 1.807) is 4.90 Å². The van der Waals surface area contributed by atoms with Crippen molar-refractivity contribution in [2.24, 2.45) is 0 Å². The van der Waals surface area contributed by atoms with Crippen LogP contribution in [-0.4, -0.2) is 59.0 Å². The molecule has 7 heteroatoms. The summed E-state index contributed by atoms with van der Waals surface area (Å²) >= 11 is 0. The van der Waals surface area contributed by atoms with Gasteiger partial charge in [-0.15, -0.1) is 5.10 Å². The molecule has 0 aliphatic carbocycles. The van der Waals surface area contributed by atoms with Gasteiger partial charge in [0.1, 0.15) is 0 Å². The Morgan fingerprint density at radius 1 is 1.14 bits per heavy atom. The highest BCUT2D eigenvalue weighted by Crippen LogP contribution is 2.22. The Hall–Kier alpha value is -2.41. The van der Waals surface area contributed by atoms with Gasteiger partial charge in [0.15, 0.2) is 5.69 Å². The molecule has 0 radical (unpaired) electrons. The van der Waals surface area contributed by atoms with E-state index in [9.17, 15) is 4.79 Å². The first-order valence-corrected chi connectivity index (χ1v) is 10.9. The zero-order chi connectivity index (χ0) is 20.2. The van der Waals surface area contributed by atoms with Gasteiger partial charge in [0.25, 0.3) is 5.91 Å². The molecule has 2 fully saturated rings. The minimum atomic E-state index is -0.0669. The van der Waals surface area contributed by atoms with Gasteiger partial charge in [0.2, 0.25) is 0 Å². The van der Waals surface area contributed by atoms with Crippen LogP contribution in [0.2, 0.25) is 0 Å². The van der Waals surface area contributed by atoms with Gasteiger partial charge in [-0.25, -0.2) is 4.68 Å². The summed E-state index contributed by atoms with van der Waals surface area (Å²) in [4.78, 5) is 17.2. The lowest BCUT2D eigenvalue weighted by Gasteiger charge is -2.29. The number of hydrogen-bond donors (Lipinski definition) is 1. The third kappa shape index (κ3) is 4.45. The monoisotopic (exact) mass is 396 g/mol. The number of nitrogens with one attached hydrogen (secondary N) is 1. The molecule has 7 nitrogen and oxygen atoms in total. The minimum absolute atomic E-state index is 0.0669. The van der Waals surface area contributed by atoms with Gasteiger partial charge in [0.05, 0.1) is 11.7 Å². The normalized spacial score (nSPS) is 18.1. The Balaban J connectivity index is 1.40. The maximum atomic E-state index is 13.0. The molecule has 2 aromatic rings. The standard InChI is InChI=1S/C22H32N6O/c1-17-21(24-25-28(17)20-10-12-23-13-11-20)22(29)26(2)16-18-6-8-19(9-7-18)27-14-4-3-5-15-27/h6-9,20,23H,3-5,10-16H2,1-2H3. The molecule has 4 rings (SSSR count). The largest absolute Gasteiger partial charge is 0.372 e. The summed E-state index contributed by atoms with van der Waals surface area (Å²) in [6.45, 7) is 6.78. The first kappa shape index (κ1) is 19.9. The van der Waals surface area contributed by atoms with Crippen LogP contribution in [0.15, 0.2) is 24.3 Å². The molecule has 1 amide bonds. The molecule has 1 aromatic heterocycles. The molecule has 29 heavy (non-hydrogen) atoms. The predicted molar refractivity (Wildman–Crippen MR) is 114 cm³/mol. The molecule has 2 aliphatic heterocycles. The fraction of sp³-hybridized carbons (Fsp3) is 0.591. The quantitative estimate of drug-likeness (QED) is 0.842. The summed E-state index contributed by atoms with van der Waals surface area (Å²) in [6, 6.07) is 8.95. The molecule has 1 aromatic carbocycles. The number of piperidine rings is 2. The molecule has 2 saturated heterocycles. The Labute approximate surface area is 173 Å². The number of anilines is 1. The number of nitrogens with zero attached hydrogens (tertiary/aromatic N) is 5. The average molecular weight is 397 g/mol. The van der Waals surface area contributed by atoms with Crippen molar-refractivity contribution in [3.63, 3.8) is 0 Å². The third-order valence-corrected chi connectivity index (χ3v) is 6.21. The first-order valence-electron chi connectivity index (χ1n) is 10.9. The van der Waals surface area contributed by atoms with Crippen molar-refractivity contribution in [3.05, 3.63) is 41.2 Å². The summed E-state index contributed by atoms with van der Waals surface area (Å²) in [5, 5.41) is 11.9. The number of aromatic nitrogens is 3. The fourth-order valence-corrected chi connectivity index (χ4v) is 4.43. The number of benzene rings is 1. The Morgan fingerprint density at radius 2 is 1.83 bits per heavy atom. The average Bonchev–Trinajstić information content (AvgIpc) is 3.16. The summed E-state index contributed by atoms with van der Waals surface area (Å²) < 4.78 is 1.94.